The van der Waals surface area contributed by atoms with Crippen LogP contribution in [0.25, 0.3) is 0 Å². The van der Waals surface area contributed by atoms with Gasteiger partial charge in [0.05, 0.1) is 15.5 Å². The van der Waals surface area contributed by atoms with E-state index in [1.165, 1.54) is 30.6 Å². The van der Waals surface area contributed by atoms with E-state index in [0.717, 1.165) is 22.9 Å². The van der Waals surface area contributed by atoms with Crippen molar-refractivity contribution in [3.05, 3.63) is 4.88 Å². The number of hydrogen-bond donors (Lipinski definition) is 2. The predicted octanol–water partition coefficient (Wildman–Crippen LogP) is 4.25. The minimum atomic E-state index is 0.0480. The van der Waals surface area contributed by atoms with Crippen molar-refractivity contribution in [3.8, 4) is 0 Å². The summed E-state index contributed by atoms with van der Waals surface area (Å²) in [7, 11) is 0. The highest BCUT2D eigenvalue weighted by molar-refractivity contribution is 7.99. The van der Waals surface area contributed by atoms with Crippen molar-refractivity contribution in [2.45, 2.75) is 44.4 Å². The summed E-state index contributed by atoms with van der Waals surface area (Å²) >= 11 is 3.08. The first-order valence-corrected chi connectivity index (χ1v) is 8.37. The van der Waals surface area contributed by atoms with Gasteiger partial charge in [-0.3, -0.25) is 4.79 Å². The first kappa shape index (κ1) is 15.4. The van der Waals surface area contributed by atoms with Crippen LogP contribution in [0.3, 0.4) is 0 Å². The van der Waals surface area contributed by atoms with Gasteiger partial charge in [0.1, 0.15) is 5.00 Å². The molecule has 0 aliphatic rings. The Morgan fingerprint density at radius 2 is 2.11 bits per heavy atom. The van der Waals surface area contributed by atoms with E-state index in [0.29, 0.717) is 10.6 Å². The molecule has 1 rings (SSSR count). The molecule has 5 heteroatoms. The van der Waals surface area contributed by atoms with Gasteiger partial charge < -0.3 is 11.1 Å². The van der Waals surface area contributed by atoms with Crippen LogP contribution in [-0.2, 0) is 0 Å². The van der Waals surface area contributed by atoms with Crippen LogP contribution in [0.4, 0.5) is 10.7 Å². The number of carbonyl (C=O) groups is 1. The largest absolute Gasteiger partial charge is 0.396 e. The second-order valence-electron chi connectivity index (χ2n) is 4.25. The Balaban J connectivity index is 2.64. The van der Waals surface area contributed by atoms with Gasteiger partial charge in [0, 0.05) is 13.5 Å². The zero-order valence-corrected chi connectivity index (χ0v) is 13.0. The smallest absolute Gasteiger partial charge is 0.171 e. The Hall–Kier alpha value is -0.680. The fraction of sp³-hybridized carbons (Fsp3) is 0.615. The van der Waals surface area contributed by atoms with Crippen LogP contribution in [0.5, 0.6) is 0 Å². The fourth-order valence-electron chi connectivity index (χ4n) is 1.76. The highest BCUT2D eigenvalue weighted by Crippen LogP contribution is 2.41. The van der Waals surface area contributed by atoms with Gasteiger partial charge in [-0.05, 0) is 12.7 Å². The minimum absolute atomic E-state index is 0.0480. The number of carbonyl (C=O) groups excluding carboxylic acids is 1. The molecule has 0 radical (unpaired) electrons. The monoisotopic (exact) mass is 286 g/mol. The summed E-state index contributed by atoms with van der Waals surface area (Å²) < 4.78 is 0. The maximum Gasteiger partial charge on any atom is 0.171 e. The van der Waals surface area contributed by atoms with E-state index >= 15 is 0 Å². The first-order valence-electron chi connectivity index (χ1n) is 6.32. The average molecular weight is 286 g/mol. The van der Waals surface area contributed by atoms with Gasteiger partial charge in [0.25, 0.3) is 0 Å². The van der Waals surface area contributed by atoms with Crippen LogP contribution in [0.15, 0.2) is 4.90 Å². The van der Waals surface area contributed by atoms with E-state index in [2.05, 4.69) is 12.2 Å². The molecule has 0 amide bonds. The zero-order valence-electron chi connectivity index (χ0n) is 11.3. The zero-order chi connectivity index (χ0) is 13.5. The standard InChI is InChI=1S/C13H22N2OS2/c1-4-5-6-7-8-15-13-12(17-3)10(14)11(18-13)9(2)16/h15H,4-8,14H2,1-3H3. The van der Waals surface area contributed by atoms with E-state index in [1.54, 1.807) is 18.7 Å². The van der Waals surface area contributed by atoms with Crippen molar-refractivity contribution in [1.29, 1.82) is 0 Å². The molecular weight excluding hydrogens is 264 g/mol. The summed E-state index contributed by atoms with van der Waals surface area (Å²) in [5.41, 5.74) is 6.63. The van der Waals surface area contributed by atoms with Crippen LogP contribution in [0.1, 0.15) is 49.2 Å². The molecule has 0 fully saturated rings. The molecule has 3 nitrogen and oxygen atoms in total. The fourth-order valence-corrected chi connectivity index (χ4v) is 3.72. The van der Waals surface area contributed by atoms with Crippen molar-refractivity contribution in [2.75, 3.05) is 23.9 Å². The van der Waals surface area contributed by atoms with Crippen LogP contribution in [0, 0.1) is 0 Å². The summed E-state index contributed by atoms with van der Waals surface area (Å²) in [5.74, 6) is 0.0480. The summed E-state index contributed by atoms with van der Waals surface area (Å²) in [5, 5.41) is 4.45. The third kappa shape index (κ3) is 3.92. The molecule has 18 heavy (non-hydrogen) atoms. The minimum Gasteiger partial charge on any atom is -0.396 e. The highest BCUT2D eigenvalue weighted by atomic mass is 32.2. The molecule has 0 atom stereocenters. The molecule has 0 saturated carbocycles. The summed E-state index contributed by atoms with van der Waals surface area (Å²) in [6, 6.07) is 0. The van der Waals surface area contributed by atoms with Crippen molar-refractivity contribution >= 4 is 39.6 Å². The van der Waals surface area contributed by atoms with Gasteiger partial charge in [0.15, 0.2) is 5.78 Å². The number of unbranched alkanes of at least 4 members (excludes halogenated alkanes) is 3. The normalized spacial score (nSPS) is 10.6. The number of ketones is 1. The number of nitrogens with one attached hydrogen (secondary N) is 1. The number of thioether (sulfide) groups is 1. The molecule has 102 valence electrons. The first-order chi connectivity index (χ1) is 8.61. The molecule has 0 bridgehead atoms. The lowest BCUT2D eigenvalue weighted by molar-refractivity contribution is 0.102. The maximum atomic E-state index is 11.5. The molecule has 0 unspecified atom stereocenters. The Kier molecular flexibility index (Phi) is 6.57. The molecular formula is C13H22N2OS2. The van der Waals surface area contributed by atoms with Crippen molar-refractivity contribution in [1.82, 2.24) is 0 Å². The molecule has 0 aromatic carbocycles. The van der Waals surface area contributed by atoms with Gasteiger partial charge in [-0.2, -0.15) is 0 Å². The predicted molar refractivity (Wildman–Crippen MR) is 83.1 cm³/mol. The molecule has 0 saturated heterocycles. The Bertz CT molecular complexity index is 402. The summed E-state index contributed by atoms with van der Waals surface area (Å²) in [4.78, 5) is 13.1. The number of anilines is 2. The van der Waals surface area contributed by atoms with E-state index in [9.17, 15) is 4.79 Å². The van der Waals surface area contributed by atoms with Crippen LogP contribution in [-0.4, -0.2) is 18.6 Å². The summed E-state index contributed by atoms with van der Waals surface area (Å²) in [6.07, 6.45) is 6.93. The van der Waals surface area contributed by atoms with Crippen molar-refractivity contribution < 1.29 is 4.79 Å². The lowest BCUT2D eigenvalue weighted by atomic mass is 10.2. The van der Waals surface area contributed by atoms with Crippen LogP contribution >= 0.6 is 23.1 Å². The Morgan fingerprint density at radius 3 is 2.67 bits per heavy atom. The molecule has 1 aromatic heterocycles. The lowest BCUT2D eigenvalue weighted by Crippen LogP contribution is -2.00. The molecule has 1 aromatic rings. The SMILES string of the molecule is CCCCCCNc1sc(C(C)=O)c(N)c1SC. The second-order valence-corrected chi connectivity index (χ2v) is 6.09. The summed E-state index contributed by atoms with van der Waals surface area (Å²) in [6.45, 7) is 4.72. The van der Waals surface area contributed by atoms with E-state index < -0.39 is 0 Å². The highest BCUT2D eigenvalue weighted by Gasteiger charge is 2.17. The van der Waals surface area contributed by atoms with E-state index in [4.69, 9.17) is 5.73 Å². The second kappa shape index (κ2) is 7.69. The van der Waals surface area contributed by atoms with Crippen molar-refractivity contribution in [3.63, 3.8) is 0 Å². The van der Waals surface area contributed by atoms with Crippen LogP contribution in [0.2, 0.25) is 0 Å². The Labute approximate surface area is 118 Å². The number of hydrogen-bond acceptors (Lipinski definition) is 5. The number of thiophene rings is 1. The van der Waals surface area contributed by atoms with Gasteiger partial charge in [-0.25, -0.2) is 0 Å². The van der Waals surface area contributed by atoms with Crippen LogP contribution < -0.4 is 11.1 Å². The number of nitrogen functional groups attached to an aromatic ring is 1. The van der Waals surface area contributed by atoms with Gasteiger partial charge in [-0.15, -0.1) is 23.1 Å². The van der Waals surface area contributed by atoms with E-state index in [-0.39, 0.29) is 5.78 Å². The molecule has 0 aliphatic carbocycles. The number of Topliss-reactive ketones (excluding diaryl/α,β-unsaturated/α-hetero) is 1. The van der Waals surface area contributed by atoms with Gasteiger partial charge in [0.2, 0.25) is 0 Å². The third-order valence-electron chi connectivity index (χ3n) is 2.74. The van der Waals surface area contributed by atoms with Gasteiger partial charge in [-0.1, -0.05) is 26.2 Å². The molecule has 0 aliphatic heterocycles. The third-order valence-corrected chi connectivity index (χ3v) is 4.96. The lowest BCUT2D eigenvalue weighted by Gasteiger charge is -2.05. The number of nitrogens with two attached hydrogens (primary N) is 1. The average Bonchev–Trinajstić information content (AvgIpc) is 2.65. The van der Waals surface area contributed by atoms with Crippen molar-refractivity contribution in [2.24, 2.45) is 0 Å². The maximum absolute atomic E-state index is 11.5. The number of rotatable bonds is 8. The molecule has 0 spiro atoms. The van der Waals surface area contributed by atoms with Gasteiger partial charge >= 0.3 is 0 Å². The quantitative estimate of drug-likeness (QED) is 0.426. The Morgan fingerprint density at radius 1 is 1.39 bits per heavy atom. The molecule has 1 heterocycles. The topological polar surface area (TPSA) is 55.1 Å². The molecule has 3 N–H and O–H groups in total. The van der Waals surface area contributed by atoms with E-state index in [1.807, 2.05) is 6.26 Å².